The summed E-state index contributed by atoms with van der Waals surface area (Å²) in [5, 5.41) is 2.75. The molecule has 1 saturated heterocycles. The number of hydrogen-bond acceptors (Lipinski definition) is 7. The summed E-state index contributed by atoms with van der Waals surface area (Å²) in [6.45, 7) is 3.69. The minimum Gasteiger partial charge on any atom is -0.484 e. The number of ether oxygens (including phenoxy) is 1. The van der Waals surface area contributed by atoms with Crippen molar-refractivity contribution in [2.75, 3.05) is 16.8 Å². The first kappa shape index (κ1) is 26.1. The second-order valence-electron chi connectivity index (χ2n) is 9.88. The summed E-state index contributed by atoms with van der Waals surface area (Å²) in [7, 11) is 0. The number of aromatic nitrogens is 1. The Kier molecular flexibility index (Phi) is 6.81. The smallest absolute Gasteiger partial charge is 0.305 e. The Hall–Kier alpha value is -4.15. The van der Waals surface area contributed by atoms with Gasteiger partial charge in [0.15, 0.2) is 6.61 Å². The van der Waals surface area contributed by atoms with E-state index in [1.54, 1.807) is 30.3 Å². The van der Waals surface area contributed by atoms with Gasteiger partial charge in [0.1, 0.15) is 11.0 Å². The minimum atomic E-state index is -0.697. The Morgan fingerprint density at radius 3 is 2.50 bits per heavy atom. The monoisotopic (exact) mass is 571 g/mol. The van der Waals surface area contributed by atoms with Crippen LogP contribution in [0.5, 0.6) is 5.75 Å². The van der Waals surface area contributed by atoms with Gasteiger partial charge in [-0.1, -0.05) is 65.1 Å². The molecule has 0 spiro atoms. The number of nitrogens with one attached hydrogen (secondary N) is 2. The lowest BCUT2D eigenvalue weighted by Crippen LogP contribution is -2.32. The highest BCUT2D eigenvalue weighted by Gasteiger charge is 2.56. The molecule has 8 nitrogen and oxygen atoms in total. The van der Waals surface area contributed by atoms with Crippen LogP contribution in [0.4, 0.5) is 11.4 Å². The van der Waals surface area contributed by atoms with E-state index in [-0.39, 0.29) is 29.2 Å². The Morgan fingerprint density at radius 2 is 1.73 bits per heavy atom. The van der Waals surface area contributed by atoms with Crippen molar-refractivity contribution in [1.29, 1.82) is 0 Å². The van der Waals surface area contributed by atoms with Crippen molar-refractivity contribution in [2.24, 2.45) is 5.92 Å². The molecule has 1 aromatic heterocycles. The SMILES string of the molecule is Cc1ccc(N2C(=O)C3Sc4[nH]c(=O)sc4[C@H](c4cccc(OCC(=O)Nc5cccc(C)c5)c4)C3C2=O)cc1. The number of aryl methyl sites for hydroxylation is 2. The molecule has 3 aromatic carbocycles. The maximum absolute atomic E-state index is 13.9. The number of benzene rings is 3. The molecule has 2 unspecified atom stereocenters. The molecule has 2 N–H and O–H groups in total. The number of thiazole rings is 1. The van der Waals surface area contributed by atoms with Crippen LogP contribution in [-0.4, -0.2) is 34.6 Å². The van der Waals surface area contributed by atoms with Gasteiger partial charge in [-0.2, -0.15) is 0 Å². The van der Waals surface area contributed by atoms with Crippen molar-refractivity contribution in [2.45, 2.75) is 30.0 Å². The summed E-state index contributed by atoms with van der Waals surface area (Å²) in [5.41, 5.74) is 4.00. The highest BCUT2D eigenvalue weighted by Crippen LogP contribution is 2.53. The van der Waals surface area contributed by atoms with E-state index in [4.69, 9.17) is 4.74 Å². The maximum atomic E-state index is 13.9. The third kappa shape index (κ3) is 4.84. The van der Waals surface area contributed by atoms with Gasteiger partial charge in [0, 0.05) is 16.5 Å². The number of nitrogens with zero attached hydrogens (tertiary/aromatic N) is 1. The van der Waals surface area contributed by atoms with Crippen LogP contribution >= 0.6 is 23.1 Å². The van der Waals surface area contributed by atoms with Crippen LogP contribution in [-0.2, 0) is 14.4 Å². The second-order valence-corrected chi connectivity index (χ2v) is 12.0. The summed E-state index contributed by atoms with van der Waals surface area (Å²) >= 11 is 2.29. The molecule has 3 amide bonds. The first-order chi connectivity index (χ1) is 19.3. The normalized spacial score (nSPS) is 19.8. The third-order valence-electron chi connectivity index (χ3n) is 7.01. The molecule has 0 radical (unpaired) electrons. The van der Waals surface area contributed by atoms with E-state index < -0.39 is 17.1 Å². The van der Waals surface area contributed by atoms with Crippen LogP contribution in [0.15, 0.2) is 82.6 Å². The van der Waals surface area contributed by atoms with Gasteiger partial charge in [-0.15, -0.1) is 0 Å². The lowest BCUT2D eigenvalue weighted by molar-refractivity contribution is -0.122. The van der Waals surface area contributed by atoms with Gasteiger partial charge in [-0.3, -0.25) is 19.2 Å². The van der Waals surface area contributed by atoms with E-state index in [1.165, 1.54) is 16.7 Å². The Morgan fingerprint density at radius 1 is 0.950 bits per heavy atom. The molecule has 3 heterocycles. The van der Waals surface area contributed by atoms with Gasteiger partial charge in [0.2, 0.25) is 11.8 Å². The number of fused-ring (bicyclic) bond motifs is 2. The summed E-state index contributed by atoms with van der Waals surface area (Å²) in [4.78, 5) is 56.9. The van der Waals surface area contributed by atoms with E-state index >= 15 is 0 Å². The molecule has 1 fully saturated rings. The number of H-pyrrole nitrogens is 1. The quantitative estimate of drug-likeness (QED) is 0.320. The molecular formula is C30H25N3O5S2. The van der Waals surface area contributed by atoms with E-state index in [0.29, 0.717) is 22.2 Å². The predicted molar refractivity (Wildman–Crippen MR) is 155 cm³/mol. The highest BCUT2D eigenvalue weighted by atomic mass is 32.2. The zero-order chi connectivity index (χ0) is 28.0. The number of imide groups is 1. The Bertz CT molecular complexity index is 1690. The molecule has 3 atom stereocenters. The van der Waals surface area contributed by atoms with Crippen molar-refractivity contribution in [3.05, 3.63) is 104 Å². The number of carbonyl (C=O) groups excluding carboxylic acids is 3. The van der Waals surface area contributed by atoms with Crippen LogP contribution in [0.2, 0.25) is 0 Å². The van der Waals surface area contributed by atoms with Crippen molar-refractivity contribution in [1.82, 2.24) is 4.98 Å². The van der Waals surface area contributed by atoms with Gasteiger partial charge in [0.25, 0.3) is 5.91 Å². The first-order valence-electron chi connectivity index (χ1n) is 12.7. The summed E-state index contributed by atoms with van der Waals surface area (Å²) < 4.78 is 5.81. The number of thioether (sulfide) groups is 1. The van der Waals surface area contributed by atoms with Gasteiger partial charge in [-0.25, -0.2) is 4.90 Å². The largest absolute Gasteiger partial charge is 0.484 e. The highest BCUT2D eigenvalue weighted by molar-refractivity contribution is 8.00. The van der Waals surface area contributed by atoms with Crippen molar-refractivity contribution in [3.63, 3.8) is 0 Å². The molecule has 0 bridgehead atoms. The van der Waals surface area contributed by atoms with Gasteiger partial charge in [0.05, 0.1) is 16.6 Å². The van der Waals surface area contributed by atoms with E-state index in [9.17, 15) is 19.2 Å². The fraction of sp³-hybridized carbons (Fsp3) is 0.200. The van der Waals surface area contributed by atoms with Crippen LogP contribution in [0, 0.1) is 19.8 Å². The number of aromatic amines is 1. The molecule has 202 valence electrons. The molecule has 40 heavy (non-hydrogen) atoms. The van der Waals surface area contributed by atoms with E-state index in [2.05, 4.69) is 10.3 Å². The van der Waals surface area contributed by atoms with Crippen LogP contribution < -0.4 is 19.8 Å². The van der Waals surface area contributed by atoms with Crippen LogP contribution in [0.25, 0.3) is 0 Å². The average molecular weight is 572 g/mol. The number of hydrogen-bond donors (Lipinski definition) is 2. The molecule has 0 aliphatic carbocycles. The summed E-state index contributed by atoms with van der Waals surface area (Å²) in [6.07, 6.45) is 0. The van der Waals surface area contributed by atoms with Crippen molar-refractivity contribution in [3.8, 4) is 5.75 Å². The van der Waals surface area contributed by atoms with Gasteiger partial charge >= 0.3 is 4.87 Å². The first-order valence-corrected chi connectivity index (χ1v) is 14.4. The minimum absolute atomic E-state index is 0.203. The predicted octanol–water partition coefficient (Wildman–Crippen LogP) is 4.87. The molecule has 4 aromatic rings. The molecular weight excluding hydrogens is 546 g/mol. The number of amides is 3. The number of carbonyl (C=O) groups is 3. The number of anilines is 2. The van der Waals surface area contributed by atoms with Gasteiger partial charge < -0.3 is 15.0 Å². The summed E-state index contributed by atoms with van der Waals surface area (Å²) in [5.74, 6) is -1.68. The van der Waals surface area contributed by atoms with Crippen LogP contribution in [0.1, 0.15) is 27.5 Å². The molecule has 2 aliphatic rings. The molecule has 2 aliphatic heterocycles. The lowest BCUT2D eigenvalue weighted by Gasteiger charge is -2.30. The fourth-order valence-electron chi connectivity index (χ4n) is 5.19. The molecule has 6 rings (SSSR count). The average Bonchev–Trinajstić information content (AvgIpc) is 3.42. The van der Waals surface area contributed by atoms with Crippen molar-refractivity contribution < 1.29 is 19.1 Å². The lowest BCUT2D eigenvalue weighted by atomic mass is 9.83. The third-order valence-corrected chi connectivity index (χ3v) is 9.41. The van der Waals surface area contributed by atoms with E-state index in [0.717, 1.165) is 32.9 Å². The molecule has 10 heteroatoms. The maximum Gasteiger partial charge on any atom is 0.305 e. The van der Waals surface area contributed by atoms with E-state index in [1.807, 2.05) is 56.3 Å². The Balaban J connectivity index is 1.29. The van der Waals surface area contributed by atoms with Crippen LogP contribution in [0.3, 0.4) is 0 Å². The zero-order valence-electron chi connectivity index (χ0n) is 21.7. The zero-order valence-corrected chi connectivity index (χ0v) is 23.3. The Labute approximate surface area is 238 Å². The fourth-order valence-corrected chi connectivity index (χ4v) is 7.71. The standard InChI is InChI=1S/C30H25N3O5S2/c1-16-9-11-20(12-10-16)33-28(35)24-23(25-27(32-30(37)40-25)39-26(24)29(33)36)18-6-4-8-21(14-18)38-15-22(34)31-19-7-3-5-17(2)13-19/h3-14,23-24,26H,15H2,1-2H3,(H,31,34)(H,32,37)/t23-,24?,26?/m1/s1. The van der Waals surface area contributed by atoms with Gasteiger partial charge in [-0.05, 0) is 61.4 Å². The summed E-state index contributed by atoms with van der Waals surface area (Å²) in [6, 6.07) is 21.9. The molecule has 0 saturated carbocycles. The van der Waals surface area contributed by atoms with Crippen molar-refractivity contribution >= 4 is 52.2 Å². The second kappa shape index (κ2) is 10.4. The number of rotatable bonds is 6. The topological polar surface area (TPSA) is 109 Å².